The molecular formula is C24H23N5O2. The molecule has 7 rings (SSSR count). The molecule has 0 unspecified atom stereocenters. The average Bonchev–Trinajstić information content (AvgIpc) is 3.28. The van der Waals surface area contributed by atoms with Crippen LogP contribution in [0.1, 0.15) is 54.3 Å². The molecule has 4 aromatic rings. The van der Waals surface area contributed by atoms with Gasteiger partial charge in [0.15, 0.2) is 11.5 Å². The fraction of sp³-hybridized carbons (Fsp3) is 0.333. The fourth-order valence-corrected chi connectivity index (χ4v) is 5.04. The second-order valence-electron chi connectivity index (χ2n) is 8.28. The number of hydrogen-bond donors (Lipinski definition) is 0. The molecule has 7 heteroatoms. The Balaban J connectivity index is 1.49. The zero-order valence-electron chi connectivity index (χ0n) is 17.4. The van der Waals surface area contributed by atoms with Crippen molar-refractivity contribution >= 4 is 5.65 Å². The second kappa shape index (κ2) is 7.34. The summed E-state index contributed by atoms with van der Waals surface area (Å²) in [6, 6.07) is 13.7. The van der Waals surface area contributed by atoms with Gasteiger partial charge in [0, 0.05) is 22.9 Å². The van der Waals surface area contributed by atoms with E-state index in [1.54, 1.807) is 13.3 Å². The lowest BCUT2D eigenvalue weighted by molar-refractivity contribution is 0.265. The fourth-order valence-electron chi connectivity index (χ4n) is 5.04. The Kier molecular flexibility index (Phi) is 4.33. The third-order valence-corrected chi connectivity index (χ3v) is 6.57. The molecule has 1 aromatic carbocycles. The zero-order valence-corrected chi connectivity index (χ0v) is 17.4. The molecule has 0 radical (unpaired) electrons. The Hall–Kier alpha value is -3.48. The smallest absolute Gasteiger partial charge is 0.236 e. The lowest BCUT2D eigenvalue weighted by Crippen LogP contribution is -2.25. The van der Waals surface area contributed by atoms with Crippen LogP contribution < -0.4 is 9.47 Å². The van der Waals surface area contributed by atoms with Gasteiger partial charge in [0.05, 0.1) is 12.8 Å². The van der Waals surface area contributed by atoms with Crippen molar-refractivity contribution < 1.29 is 9.47 Å². The Labute approximate surface area is 180 Å². The van der Waals surface area contributed by atoms with Gasteiger partial charge in [-0.25, -0.2) is 0 Å². The number of methoxy groups -OCH3 is 1. The van der Waals surface area contributed by atoms with Gasteiger partial charge >= 0.3 is 0 Å². The maximum atomic E-state index is 6.28. The van der Waals surface area contributed by atoms with Gasteiger partial charge in [-0.3, -0.25) is 4.98 Å². The van der Waals surface area contributed by atoms with Crippen LogP contribution in [0.15, 0.2) is 48.7 Å². The molecule has 0 aliphatic heterocycles. The minimum atomic E-state index is 0.392. The van der Waals surface area contributed by atoms with Crippen molar-refractivity contribution in [2.75, 3.05) is 7.11 Å². The molecule has 0 amide bonds. The maximum absolute atomic E-state index is 6.28. The molecule has 0 N–H and O–H groups in total. The normalized spacial score (nSPS) is 19.4. The van der Waals surface area contributed by atoms with Gasteiger partial charge in [-0.15, -0.1) is 15.3 Å². The van der Waals surface area contributed by atoms with Gasteiger partial charge in [0.25, 0.3) is 0 Å². The van der Waals surface area contributed by atoms with E-state index in [4.69, 9.17) is 14.6 Å². The van der Waals surface area contributed by atoms with Gasteiger partial charge in [0.2, 0.25) is 5.88 Å². The number of benzene rings is 1. The van der Waals surface area contributed by atoms with E-state index in [1.807, 2.05) is 47.0 Å². The molecule has 1 fully saturated rings. The Morgan fingerprint density at radius 1 is 0.935 bits per heavy atom. The first-order valence-electron chi connectivity index (χ1n) is 10.8. The van der Waals surface area contributed by atoms with Crippen LogP contribution in [0, 0.1) is 0 Å². The van der Waals surface area contributed by atoms with Gasteiger partial charge < -0.3 is 9.47 Å². The number of nitrogens with zero attached hydrogens (tertiary/aromatic N) is 5. The monoisotopic (exact) mass is 413 g/mol. The van der Waals surface area contributed by atoms with Gasteiger partial charge in [-0.05, 0) is 73.9 Å². The Morgan fingerprint density at radius 3 is 2.42 bits per heavy atom. The maximum Gasteiger partial charge on any atom is 0.236 e. The number of pyridine rings is 1. The summed E-state index contributed by atoms with van der Waals surface area (Å²) in [6.07, 6.45) is 6.56. The van der Waals surface area contributed by atoms with Gasteiger partial charge in [0.1, 0.15) is 12.4 Å². The van der Waals surface area contributed by atoms with Crippen molar-refractivity contribution in [3.63, 3.8) is 0 Å². The zero-order chi connectivity index (χ0) is 20.8. The highest BCUT2D eigenvalue weighted by atomic mass is 16.5. The summed E-state index contributed by atoms with van der Waals surface area (Å²) in [5, 5.41) is 14.0. The molecule has 31 heavy (non-hydrogen) atoms. The average molecular weight is 413 g/mol. The minimum Gasteiger partial charge on any atom is -0.497 e. The molecule has 7 nitrogen and oxygen atoms in total. The van der Waals surface area contributed by atoms with E-state index < -0.39 is 0 Å². The predicted molar refractivity (Wildman–Crippen MR) is 115 cm³/mol. The molecule has 2 bridgehead atoms. The molecule has 0 spiro atoms. The standard InChI is InChI=1S/C24H23N5O2/c1-30-19-11-9-17(10-12-19)22-26-27-23-20-15-5-7-16(8-6-15)21(20)24(28-29(22)23)31-14-18-4-2-3-13-25-18/h2-4,9-13,15-16H,5-8,14H2,1H3. The van der Waals surface area contributed by atoms with E-state index in [1.165, 1.54) is 36.8 Å². The van der Waals surface area contributed by atoms with Crippen LogP contribution in [0.4, 0.5) is 0 Å². The first-order valence-corrected chi connectivity index (χ1v) is 10.8. The largest absolute Gasteiger partial charge is 0.497 e. The molecule has 0 saturated heterocycles. The van der Waals surface area contributed by atoms with Gasteiger partial charge in [-0.2, -0.15) is 4.52 Å². The molecule has 156 valence electrons. The number of aromatic nitrogens is 5. The lowest BCUT2D eigenvalue weighted by Gasteiger charge is -2.38. The molecule has 3 aliphatic carbocycles. The van der Waals surface area contributed by atoms with Crippen LogP contribution in [-0.2, 0) is 6.61 Å². The van der Waals surface area contributed by atoms with E-state index in [9.17, 15) is 0 Å². The molecule has 3 aromatic heterocycles. The Bertz CT molecular complexity index is 1230. The molecular weight excluding hydrogens is 390 g/mol. The van der Waals surface area contributed by atoms with Crippen LogP contribution in [-0.4, -0.2) is 31.9 Å². The van der Waals surface area contributed by atoms with Crippen molar-refractivity contribution in [2.24, 2.45) is 0 Å². The third kappa shape index (κ3) is 3.03. The first-order chi connectivity index (χ1) is 15.3. The summed E-state index contributed by atoms with van der Waals surface area (Å²) in [5.41, 5.74) is 5.21. The van der Waals surface area contributed by atoms with Crippen LogP contribution >= 0.6 is 0 Å². The predicted octanol–water partition coefficient (Wildman–Crippen LogP) is 4.53. The van der Waals surface area contributed by atoms with Crippen LogP contribution in [0.25, 0.3) is 17.0 Å². The highest BCUT2D eigenvalue weighted by Gasteiger charge is 2.39. The number of hydrogen-bond acceptors (Lipinski definition) is 6. The molecule has 3 heterocycles. The summed E-state index contributed by atoms with van der Waals surface area (Å²) in [5.74, 6) is 3.19. The quantitative estimate of drug-likeness (QED) is 0.479. The van der Waals surface area contributed by atoms with Crippen molar-refractivity contribution in [3.8, 4) is 23.0 Å². The number of fused-ring (bicyclic) bond motifs is 3. The van der Waals surface area contributed by atoms with Crippen LogP contribution in [0.3, 0.4) is 0 Å². The lowest BCUT2D eigenvalue weighted by atomic mass is 9.67. The number of ether oxygens (including phenoxy) is 2. The minimum absolute atomic E-state index is 0.392. The van der Waals surface area contributed by atoms with Crippen molar-refractivity contribution in [2.45, 2.75) is 44.1 Å². The first kappa shape index (κ1) is 18.3. The van der Waals surface area contributed by atoms with E-state index in [0.29, 0.717) is 30.1 Å². The van der Waals surface area contributed by atoms with Gasteiger partial charge in [-0.1, -0.05) is 6.07 Å². The SMILES string of the molecule is COc1ccc(-c2nnc3c4c(c(OCc5ccccn5)nn23)C2CCC4CC2)cc1. The molecule has 0 atom stereocenters. The summed E-state index contributed by atoms with van der Waals surface area (Å²) in [6.45, 7) is 0.392. The highest BCUT2D eigenvalue weighted by Crippen LogP contribution is 2.53. The topological polar surface area (TPSA) is 74.4 Å². The summed E-state index contributed by atoms with van der Waals surface area (Å²) >= 11 is 0. The Morgan fingerprint density at radius 2 is 1.71 bits per heavy atom. The molecule has 1 saturated carbocycles. The van der Waals surface area contributed by atoms with Crippen molar-refractivity contribution in [3.05, 3.63) is 65.5 Å². The molecule has 3 aliphatic rings. The summed E-state index contributed by atoms with van der Waals surface area (Å²) < 4.78 is 13.4. The second-order valence-corrected chi connectivity index (χ2v) is 8.28. The summed E-state index contributed by atoms with van der Waals surface area (Å²) in [4.78, 5) is 4.39. The summed E-state index contributed by atoms with van der Waals surface area (Å²) in [7, 11) is 1.66. The van der Waals surface area contributed by atoms with E-state index in [-0.39, 0.29) is 0 Å². The van der Waals surface area contributed by atoms with Crippen LogP contribution in [0.5, 0.6) is 11.6 Å². The third-order valence-electron chi connectivity index (χ3n) is 6.57. The highest BCUT2D eigenvalue weighted by molar-refractivity contribution is 5.65. The van der Waals surface area contributed by atoms with Crippen molar-refractivity contribution in [1.82, 2.24) is 24.8 Å². The van der Waals surface area contributed by atoms with Crippen molar-refractivity contribution in [1.29, 1.82) is 0 Å². The van der Waals surface area contributed by atoms with Crippen LogP contribution in [0.2, 0.25) is 0 Å². The van der Waals surface area contributed by atoms with E-state index in [0.717, 1.165) is 22.7 Å². The number of rotatable bonds is 5. The van der Waals surface area contributed by atoms with E-state index >= 15 is 0 Å². The van der Waals surface area contributed by atoms with E-state index in [2.05, 4.69) is 15.2 Å².